The lowest BCUT2D eigenvalue weighted by molar-refractivity contribution is 0.0462. The summed E-state index contributed by atoms with van der Waals surface area (Å²) in [5.41, 5.74) is 2.58. The molecule has 25 heavy (non-hydrogen) atoms. The summed E-state index contributed by atoms with van der Waals surface area (Å²) in [5, 5.41) is 4.30. The molecule has 0 fully saturated rings. The van der Waals surface area contributed by atoms with Crippen LogP contribution in [0.3, 0.4) is 0 Å². The molecule has 1 aromatic carbocycles. The van der Waals surface area contributed by atoms with Gasteiger partial charge < -0.3 is 9.30 Å². The molecule has 8 nitrogen and oxygen atoms in total. The molecule has 4 aromatic rings. The lowest BCUT2D eigenvalue weighted by atomic mass is 10.3. The van der Waals surface area contributed by atoms with Gasteiger partial charge in [-0.2, -0.15) is 0 Å². The first-order valence-corrected chi connectivity index (χ1v) is 7.61. The Hall–Kier alpha value is -3.55. The number of ether oxygens (including phenoxy) is 1. The molecule has 124 valence electrons. The largest absolute Gasteiger partial charge is 0.454 e. The average molecular weight is 334 g/mol. The lowest BCUT2D eigenvalue weighted by Crippen LogP contribution is -2.07. The Morgan fingerprint density at radius 3 is 2.80 bits per heavy atom. The van der Waals surface area contributed by atoms with Crippen molar-refractivity contribution in [3.63, 3.8) is 0 Å². The molecule has 0 aliphatic carbocycles. The summed E-state index contributed by atoms with van der Waals surface area (Å²) in [6.07, 6.45) is 4.70. The molecule has 3 heterocycles. The quantitative estimate of drug-likeness (QED) is 0.530. The molecule has 0 amide bonds. The van der Waals surface area contributed by atoms with Crippen molar-refractivity contribution in [2.75, 3.05) is 0 Å². The lowest BCUT2D eigenvalue weighted by Gasteiger charge is -2.02. The maximum atomic E-state index is 12.2. The van der Waals surface area contributed by atoms with Crippen LogP contribution < -0.4 is 0 Å². The van der Waals surface area contributed by atoms with Gasteiger partial charge in [-0.15, -0.1) is 5.10 Å². The average Bonchev–Trinajstić information content (AvgIpc) is 3.27. The van der Waals surface area contributed by atoms with Gasteiger partial charge in [0.15, 0.2) is 18.1 Å². The number of hydrogen-bond donors (Lipinski definition) is 0. The molecule has 8 heteroatoms. The highest BCUT2D eigenvalue weighted by atomic mass is 16.5. The van der Waals surface area contributed by atoms with Gasteiger partial charge in [0.05, 0.1) is 17.6 Å². The van der Waals surface area contributed by atoms with E-state index < -0.39 is 5.97 Å². The summed E-state index contributed by atoms with van der Waals surface area (Å²) in [6, 6.07) is 11.2. The van der Waals surface area contributed by atoms with Crippen molar-refractivity contribution in [2.24, 2.45) is 7.05 Å². The third-order valence-corrected chi connectivity index (χ3v) is 3.68. The van der Waals surface area contributed by atoms with Crippen molar-refractivity contribution in [1.82, 2.24) is 29.3 Å². The van der Waals surface area contributed by atoms with E-state index in [1.165, 1.54) is 6.20 Å². The Labute approximate surface area is 142 Å². The smallest absolute Gasteiger partial charge is 0.340 e. The van der Waals surface area contributed by atoms with Crippen LogP contribution in [0.4, 0.5) is 0 Å². The van der Waals surface area contributed by atoms with Gasteiger partial charge in [0.1, 0.15) is 11.8 Å². The molecule has 0 atom stereocenters. The number of imidazole rings is 1. The van der Waals surface area contributed by atoms with Crippen molar-refractivity contribution in [1.29, 1.82) is 0 Å². The van der Waals surface area contributed by atoms with Gasteiger partial charge in [0, 0.05) is 13.2 Å². The molecule has 0 saturated carbocycles. The number of carbonyl (C=O) groups excluding carboxylic acids is 1. The molecule has 3 aromatic heterocycles. The van der Waals surface area contributed by atoms with E-state index in [0.29, 0.717) is 22.6 Å². The highest BCUT2D eigenvalue weighted by Gasteiger charge is 2.12. The summed E-state index contributed by atoms with van der Waals surface area (Å²) < 4.78 is 8.68. The predicted octanol–water partition coefficient (Wildman–Crippen LogP) is 1.91. The third-order valence-electron chi connectivity index (χ3n) is 3.68. The Morgan fingerprint density at radius 2 is 1.96 bits per heavy atom. The van der Waals surface area contributed by atoms with Crippen molar-refractivity contribution in [3.05, 3.63) is 66.6 Å². The number of nitrogens with zero attached hydrogens (tertiary/aromatic N) is 6. The van der Waals surface area contributed by atoms with E-state index in [2.05, 4.69) is 20.1 Å². The van der Waals surface area contributed by atoms with Crippen LogP contribution in [-0.4, -0.2) is 35.3 Å². The Bertz CT molecular complexity index is 1040. The van der Waals surface area contributed by atoms with E-state index in [-0.39, 0.29) is 6.61 Å². The molecule has 0 N–H and O–H groups in total. The number of aromatic nitrogens is 6. The van der Waals surface area contributed by atoms with Crippen LogP contribution in [0.15, 0.2) is 55.2 Å². The fourth-order valence-electron chi connectivity index (χ4n) is 2.41. The van der Waals surface area contributed by atoms with E-state index in [9.17, 15) is 4.79 Å². The summed E-state index contributed by atoms with van der Waals surface area (Å²) in [6.45, 7) is -0.0150. The highest BCUT2D eigenvalue weighted by molar-refractivity contribution is 5.92. The van der Waals surface area contributed by atoms with E-state index in [0.717, 1.165) is 5.69 Å². The monoisotopic (exact) mass is 334 g/mol. The molecule has 0 saturated heterocycles. The number of esters is 1. The first kappa shape index (κ1) is 15.0. The molecule has 0 bridgehead atoms. The van der Waals surface area contributed by atoms with Crippen LogP contribution in [0.2, 0.25) is 0 Å². The zero-order valence-electron chi connectivity index (χ0n) is 13.4. The molecule has 4 rings (SSSR count). The van der Waals surface area contributed by atoms with Gasteiger partial charge in [0.25, 0.3) is 0 Å². The zero-order valence-corrected chi connectivity index (χ0v) is 13.4. The third kappa shape index (κ3) is 2.97. The number of pyridine rings is 1. The fraction of sp³-hybridized carbons (Fsp3) is 0.118. The first-order chi connectivity index (χ1) is 12.2. The van der Waals surface area contributed by atoms with Crippen molar-refractivity contribution < 1.29 is 9.53 Å². The summed E-state index contributed by atoms with van der Waals surface area (Å²) in [7, 11) is 1.84. The zero-order chi connectivity index (χ0) is 17.2. The van der Waals surface area contributed by atoms with Crippen molar-refractivity contribution in [2.45, 2.75) is 6.61 Å². The summed E-state index contributed by atoms with van der Waals surface area (Å²) in [5.74, 6) is -0.0693. The minimum Gasteiger partial charge on any atom is -0.454 e. The molecule has 0 spiro atoms. The maximum Gasteiger partial charge on any atom is 0.340 e. The van der Waals surface area contributed by atoms with Gasteiger partial charge in [0.2, 0.25) is 0 Å². The Kier molecular flexibility index (Phi) is 3.70. The van der Waals surface area contributed by atoms with E-state index in [1.54, 1.807) is 28.0 Å². The predicted molar refractivity (Wildman–Crippen MR) is 89.0 cm³/mol. The van der Waals surface area contributed by atoms with Gasteiger partial charge in [-0.3, -0.25) is 0 Å². The van der Waals surface area contributed by atoms with Crippen molar-refractivity contribution in [3.8, 4) is 5.69 Å². The van der Waals surface area contributed by atoms with E-state index in [4.69, 9.17) is 4.74 Å². The molecule has 0 aliphatic rings. The topological polar surface area (TPSA) is 87.7 Å². The fourth-order valence-corrected chi connectivity index (χ4v) is 2.41. The Morgan fingerprint density at radius 1 is 1.12 bits per heavy atom. The van der Waals surface area contributed by atoms with Crippen LogP contribution in [0.5, 0.6) is 0 Å². The summed E-state index contributed by atoms with van der Waals surface area (Å²) in [4.78, 5) is 24.7. The number of fused-ring (bicyclic) bond motifs is 1. The SMILES string of the molecule is Cn1cnc2cc(C(=O)OCc3ncn(-c4ccccc4)n3)cnc21. The number of hydrogen-bond acceptors (Lipinski definition) is 6. The summed E-state index contributed by atoms with van der Waals surface area (Å²) >= 11 is 0. The number of carbonyl (C=O) groups is 1. The number of benzene rings is 1. The second-order valence-electron chi connectivity index (χ2n) is 5.44. The second kappa shape index (κ2) is 6.16. The number of aryl methyl sites for hydroxylation is 1. The van der Waals surface area contributed by atoms with E-state index in [1.807, 2.05) is 37.4 Å². The number of rotatable bonds is 4. The number of para-hydroxylation sites is 1. The molecule has 0 radical (unpaired) electrons. The van der Waals surface area contributed by atoms with Gasteiger partial charge in [-0.25, -0.2) is 24.4 Å². The standard InChI is InChI=1S/C17H14N6O2/c1-22-10-19-14-7-12(8-18-16(14)22)17(24)25-9-15-20-11-23(21-15)13-5-3-2-4-6-13/h2-8,10-11H,9H2,1H3. The van der Waals surface area contributed by atoms with Crippen LogP contribution in [0.1, 0.15) is 16.2 Å². The van der Waals surface area contributed by atoms with Crippen LogP contribution in [0, 0.1) is 0 Å². The first-order valence-electron chi connectivity index (χ1n) is 7.61. The van der Waals surface area contributed by atoms with E-state index >= 15 is 0 Å². The molecule has 0 aliphatic heterocycles. The molecular weight excluding hydrogens is 320 g/mol. The van der Waals surface area contributed by atoms with Crippen LogP contribution >= 0.6 is 0 Å². The maximum absolute atomic E-state index is 12.2. The van der Waals surface area contributed by atoms with Gasteiger partial charge >= 0.3 is 5.97 Å². The Balaban J connectivity index is 1.45. The normalized spacial score (nSPS) is 10.9. The van der Waals surface area contributed by atoms with Gasteiger partial charge in [-0.05, 0) is 18.2 Å². The minimum atomic E-state index is -0.490. The van der Waals surface area contributed by atoms with Crippen LogP contribution in [0.25, 0.3) is 16.9 Å². The second-order valence-corrected chi connectivity index (χ2v) is 5.44. The highest BCUT2D eigenvalue weighted by Crippen LogP contribution is 2.12. The van der Waals surface area contributed by atoms with Gasteiger partial charge in [-0.1, -0.05) is 18.2 Å². The van der Waals surface area contributed by atoms with Crippen LogP contribution in [-0.2, 0) is 18.4 Å². The molecule has 0 unspecified atom stereocenters. The van der Waals surface area contributed by atoms with Crippen molar-refractivity contribution >= 4 is 17.1 Å². The minimum absolute atomic E-state index is 0.0150. The molecular formula is C17H14N6O2.